The summed E-state index contributed by atoms with van der Waals surface area (Å²) in [6.45, 7) is 4.65. The second-order valence-electron chi connectivity index (χ2n) is 6.02. The molecule has 2 aromatic heterocycles. The maximum Gasteiger partial charge on any atom is 0.269 e. The topological polar surface area (TPSA) is 91.0 Å². The van der Waals surface area contributed by atoms with Crippen LogP contribution in [0.2, 0.25) is 0 Å². The van der Waals surface area contributed by atoms with Gasteiger partial charge in [-0.2, -0.15) is 5.10 Å². The molecule has 1 saturated heterocycles. The summed E-state index contributed by atoms with van der Waals surface area (Å²) in [5.74, 6) is -0.328. The molecule has 2 amide bonds. The summed E-state index contributed by atoms with van der Waals surface area (Å²) < 4.78 is 0. The average Bonchev–Trinajstić information content (AvgIpc) is 3.20. The van der Waals surface area contributed by atoms with Gasteiger partial charge in [-0.1, -0.05) is 0 Å². The van der Waals surface area contributed by atoms with Gasteiger partial charge in [-0.25, -0.2) is 0 Å². The van der Waals surface area contributed by atoms with Crippen LogP contribution < -0.4 is 5.32 Å². The van der Waals surface area contributed by atoms with Crippen molar-refractivity contribution in [1.29, 1.82) is 0 Å². The number of nitrogens with one attached hydrogen (secondary N) is 2. The molecule has 24 heavy (non-hydrogen) atoms. The highest BCUT2D eigenvalue weighted by molar-refractivity contribution is 5.96. The fourth-order valence-electron chi connectivity index (χ4n) is 3.31. The molecule has 0 bridgehead atoms. The first kappa shape index (κ1) is 16.2. The van der Waals surface area contributed by atoms with Gasteiger partial charge >= 0.3 is 0 Å². The normalized spacial score (nSPS) is 17.1. The number of H-pyrrole nitrogens is 1. The van der Waals surface area contributed by atoms with Crippen molar-refractivity contribution in [3.05, 3.63) is 46.5 Å². The minimum absolute atomic E-state index is 0.0369. The SMILES string of the molecule is CNC(=O)c1ccc(C(=O)N2CCCC2c2c(C)n[nH]c2C)cn1. The Morgan fingerprint density at radius 3 is 2.71 bits per heavy atom. The van der Waals surface area contributed by atoms with Gasteiger partial charge in [0.05, 0.1) is 17.3 Å². The number of nitrogens with zero attached hydrogens (tertiary/aromatic N) is 3. The second kappa shape index (κ2) is 6.43. The predicted molar refractivity (Wildman–Crippen MR) is 88.7 cm³/mol. The Morgan fingerprint density at radius 1 is 1.33 bits per heavy atom. The summed E-state index contributed by atoms with van der Waals surface area (Å²) in [4.78, 5) is 30.4. The molecule has 0 spiro atoms. The van der Waals surface area contributed by atoms with Gasteiger partial charge in [0.2, 0.25) is 0 Å². The third-order valence-corrected chi connectivity index (χ3v) is 4.50. The maximum absolute atomic E-state index is 12.9. The van der Waals surface area contributed by atoms with Crippen LogP contribution >= 0.6 is 0 Å². The summed E-state index contributed by atoms with van der Waals surface area (Å²) in [6, 6.07) is 3.27. The number of carbonyl (C=O) groups is 2. The van der Waals surface area contributed by atoms with E-state index < -0.39 is 0 Å². The van der Waals surface area contributed by atoms with Crippen molar-refractivity contribution < 1.29 is 9.59 Å². The summed E-state index contributed by atoms with van der Waals surface area (Å²) in [5.41, 5.74) is 3.84. The van der Waals surface area contributed by atoms with Gasteiger partial charge in [0.25, 0.3) is 11.8 Å². The summed E-state index contributed by atoms with van der Waals surface area (Å²) in [5, 5.41) is 9.76. The number of carbonyl (C=O) groups excluding carboxylic acids is 2. The van der Waals surface area contributed by atoms with Crippen molar-refractivity contribution in [3.63, 3.8) is 0 Å². The molecule has 2 N–H and O–H groups in total. The summed E-state index contributed by atoms with van der Waals surface area (Å²) in [7, 11) is 1.55. The molecule has 7 heteroatoms. The highest BCUT2D eigenvalue weighted by atomic mass is 16.2. The minimum atomic E-state index is -0.266. The lowest BCUT2D eigenvalue weighted by atomic mass is 10.0. The number of pyridine rings is 1. The van der Waals surface area contributed by atoms with Crippen LogP contribution in [0.15, 0.2) is 18.3 Å². The zero-order valence-corrected chi connectivity index (χ0v) is 14.1. The molecule has 1 aliphatic rings. The van der Waals surface area contributed by atoms with Gasteiger partial charge in [-0.3, -0.25) is 19.7 Å². The fourth-order valence-corrected chi connectivity index (χ4v) is 3.31. The predicted octanol–water partition coefficient (Wildman–Crippen LogP) is 1.76. The number of aryl methyl sites for hydroxylation is 2. The molecule has 3 heterocycles. The van der Waals surface area contributed by atoms with E-state index in [4.69, 9.17) is 0 Å². The Bertz CT molecular complexity index is 746. The van der Waals surface area contributed by atoms with E-state index in [9.17, 15) is 9.59 Å². The largest absolute Gasteiger partial charge is 0.354 e. The van der Waals surface area contributed by atoms with Crippen molar-refractivity contribution in [2.75, 3.05) is 13.6 Å². The van der Waals surface area contributed by atoms with Gasteiger partial charge < -0.3 is 10.2 Å². The third kappa shape index (κ3) is 2.77. The summed E-state index contributed by atoms with van der Waals surface area (Å²) >= 11 is 0. The lowest BCUT2D eigenvalue weighted by Crippen LogP contribution is -2.31. The number of likely N-dealkylation sites (tertiary alicyclic amines) is 1. The third-order valence-electron chi connectivity index (χ3n) is 4.50. The molecule has 7 nitrogen and oxygen atoms in total. The van der Waals surface area contributed by atoms with E-state index in [1.54, 1.807) is 19.2 Å². The van der Waals surface area contributed by atoms with E-state index in [-0.39, 0.29) is 17.9 Å². The van der Waals surface area contributed by atoms with Crippen LogP contribution in [-0.4, -0.2) is 45.5 Å². The van der Waals surface area contributed by atoms with E-state index in [0.717, 1.165) is 29.8 Å². The molecule has 2 aromatic rings. The number of amides is 2. The molecule has 1 fully saturated rings. The smallest absolute Gasteiger partial charge is 0.269 e. The van der Waals surface area contributed by atoms with E-state index in [1.807, 2.05) is 18.7 Å². The van der Waals surface area contributed by atoms with E-state index in [1.165, 1.54) is 6.20 Å². The van der Waals surface area contributed by atoms with Gasteiger partial charge in [0.1, 0.15) is 5.69 Å². The lowest BCUT2D eigenvalue weighted by molar-refractivity contribution is 0.0734. The molecule has 1 unspecified atom stereocenters. The van der Waals surface area contributed by atoms with Gasteiger partial charge in [-0.05, 0) is 38.8 Å². The van der Waals surface area contributed by atoms with E-state index >= 15 is 0 Å². The van der Waals surface area contributed by atoms with Crippen molar-refractivity contribution in [1.82, 2.24) is 25.4 Å². The van der Waals surface area contributed by atoms with Crippen LogP contribution in [0.4, 0.5) is 0 Å². The van der Waals surface area contributed by atoms with Gasteiger partial charge in [0.15, 0.2) is 0 Å². The molecule has 1 aliphatic heterocycles. The number of hydrogen-bond donors (Lipinski definition) is 2. The molecule has 1 atom stereocenters. The number of aromatic amines is 1. The van der Waals surface area contributed by atoms with Crippen LogP contribution in [0, 0.1) is 13.8 Å². The molecule has 126 valence electrons. The zero-order valence-electron chi connectivity index (χ0n) is 14.1. The molecule has 0 saturated carbocycles. The Hall–Kier alpha value is -2.70. The van der Waals surface area contributed by atoms with Crippen LogP contribution in [0.3, 0.4) is 0 Å². The first-order valence-electron chi connectivity index (χ1n) is 8.03. The molecular formula is C17H21N5O2. The zero-order chi connectivity index (χ0) is 17.3. The van der Waals surface area contributed by atoms with Crippen molar-refractivity contribution >= 4 is 11.8 Å². The first-order chi connectivity index (χ1) is 11.5. The van der Waals surface area contributed by atoms with Gasteiger partial charge in [0, 0.05) is 31.0 Å². The quantitative estimate of drug-likeness (QED) is 0.898. The summed E-state index contributed by atoms with van der Waals surface area (Å²) in [6.07, 6.45) is 3.36. The minimum Gasteiger partial charge on any atom is -0.354 e. The fraction of sp³-hybridized carbons (Fsp3) is 0.412. The second-order valence-corrected chi connectivity index (χ2v) is 6.02. The molecular weight excluding hydrogens is 306 g/mol. The van der Waals surface area contributed by atoms with Crippen LogP contribution in [0.5, 0.6) is 0 Å². The Labute approximate surface area is 140 Å². The van der Waals surface area contributed by atoms with Crippen LogP contribution in [-0.2, 0) is 0 Å². The average molecular weight is 327 g/mol. The van der Waals surface area contributed by atoms with E-state index in [2.05, 4.69) is 20.5 Å². The van der Waals surface area contributed by atoms with Crippen molar-refractivity contribution in [3.8, 4) is 0 Å². The number of rotatable bonds is 3. The molecule has 0 aromatic carbocycles. The Kier molecular flexibility index (Phi) is 4.33. The highest BCUT2D eigenvalue weighted by Gasteiger charge is 2.33. The van der Waals surface area contributed by atoms with Crippen LogP contribution in [0.1, 0.15) is 56.7 Å². The maximum atomic E-state index is 12.9. The monoisotopic (exact) mass is 327 g/mol. The number of aromatic nitrogens is 3. The Balaban J connectivity index is 1.85. The lowest BCUT2D eigenvalue weighted by Gasteiger charge is -2.25. The standard InChI is InChI=1S/C17H21N5O2/c1-10-15(11(2)21-20-10)14-5-4-8-22(14)17(24)12-6-7-13(19-9-12)16(23)18-3/h6-7,9,14H,4-5,8H2,1-3H3,(H,18,23)(H,20,21). The van der Waals surface area contributed by atoms with Crippen molar-refractivity contribution in [2.45, 2.75) is 32.7 Å². The van der Waals surface area contributed by atoms with Crippen molar-refractivity contribution in [2.24, 2.45) is 0 Å². The van der Waals surface area contributed by atoms with Gasteiger partial charge in [-0.15, -0.1) is 0 Å². The van der Waals surface area contributed by atoms with E-state index in [0.29, 0.717) is 17.8 Å². The molecule has 3 rings (SSSR count). The highest BCUT2D eigenvalue weighted by Crippen LogP contribution is 2.35. The first-order valence-corrected chi connectivity index (χ1v) is 8.03. The number of hydrogen-bond acceptors (Lipinski definition) is 4. The molecule has 0 aliphatic carbocycles. The Morgan fingerprint density at radius 2 is 2.12 bits per heavy atom. The molecule has 0 radical (unpaired) electrons. The van der Waals surface area contributed by atoms with Crippen LogP contribution in [0.25, 0.3) is 0 Å².